The van der Waals surface area contributed by atoms with Crippen molar-refractivity contribution in [2.24, 2.45) is 0 Å². The van der Waals surface area contributed by atoms with E-state index >= 15 is 0 Å². The molecule has 0 saturated heterocycles. The number of nitrogens with zero attached hydrogens (tertiary/aromatic N) is 1. The molecule has 1 heterocycles. The topological polar surface area (TPSA) is 3.24 Å². The molecule has 0 unspecified atom stereocenters. The molecule has 1 heteroatoms. The third kappa shape index (κ3) is 2.70. The van der Waals surface area contributed by atoms with Gasteiger partial charge in [-0.1, -0.05) is 48.6 Å². The second kappa shape index (κ2) is 5.75. The fourth-order valence-electron chi connectivity index (χ4n) is 2.64. The summed E-state index contributed by atoms with van der Waals surface area (Å²) in [4.78, 5) is 2.45. The van der Waals surface area contributed by atoms with Gasteiger partial charge in [0.15, 0.2) is 0 Å². The summed E-state index contributed by atoms with van der Waals surface area (Å²) in [6, 6.07) is 19.4. The van der Waals surface area contributed by atoms with Crippen molar-refractivity contribution in [3.63, 3.8) is 0 Å². The Morgan fingerprint density at radius 1 is 0.789 bits per heavy atom. The molecular weight excluding hydrogens is 230 g/mol. The van der Waals surface area contributed by atoms with Crippen LogP contribution >= 0.6 is 0 Å². The second-order valence-electron chi connectivity index (χ2n) is 4.93. The SMILES string of the molecule is C1=C\Cc2ccccc2N(c2ccccc2)CCC/1. The maximum Gasteiger partial charge on any atom is 0.0446 e. The zero-order valence-electron chi connectivity index (χ0n) is 11.1. The average Bonchev–Trinajstić information content (AvgIpc) is 2.58. The van der Waals surface area contributed by atoms with Gasteiger partial charge in [0.2, 0.25) is 0 Å². The summed E-state index contributed by atoms with van der Waals surface area (Å²) in [5.41, 5.74) is 4.04. The fourth-order valence-corrected chi connectivity index (χ4v) is 2.64. The molecule has 0 amide bonds. The molecule has 0 N–H and O–H groups in total. The Kier molecular flexibility index (Phi) is 3.64. The van der Waals surface area contributed by atoms with Gasteiger partial charge in [-0.2, -0.15) is 0 Å². The number of hydrogen-bond acceptors (Lipinski definition) is 1. The highest BCUT2D eigenvalue weighted by Crippen LogP contribution is 2.30. The molecule has 0 radical (unpaired) electrons. The largest absolute Gasteiger partial charge is 0.341 e. The van der Waals surface area contributed by atoms with Crippen LogP contribution in [0.3, 0.4) is 0 Å². The van der Waals surface area contributed by atoms with Gasteiger partial charge in [0.1, 0.15) is 0 Å². The van der Waals surface area contributed by atoms with E-state index in [1.54, 1.807) is 0 Å². The van der Waals surface area contributed by atoms with Gasteiger partial charge >= 0.3 is 0 Å². The molecule has 0 aromatic heterocycles. The molecule has 1 aliphatic heterocycles. The minimum atomic E-state index is 1.03. The second-order valence-corrected chi connectivity index (χ2v) is 4.93. The van der Waals surface area contributed by atoms with Crippen LogP contribution in [-0.2, 0) is 6.42 Å². The Hall–Kier alpha value is -2.02. The van der Waals surface area contributed by atoms with Gasteiger partial charge in [0, 0.05) is 17.9 Å². The molecule has 0 atom stereocenters. The van der Waals surface area contributed by atoms with Crippen LogP contribution in [0.1, 0.15) is 18.4 Å². The molecule has 0 bridgehead atoms. The highest BCUT2D eigenvalue weighted by Gasteiger charge is 2.12. The first-order valence-corrected chi connectivity index (χ1v) is 7.00. The Morgan fingerprint density at radius 2 is 1.58 bits per heavy atom. The lowest BCUT2D eigenvalue weighted by Crippen LogP contribution is -2.19. The Morgan fingerprint density at radius 3 is 2.47 bits per heavy atom. The van der Waals surface area contributed by atoms with Gasteiger partial charge in [-0.25, -0.2) is 0 Å². The Labute approximate surface area is 115 Å². The highest BCUT2D eigenvalue weighted by atomic mass is 15.1. The first kappa shape index (κ1) is 12.0. The molecule has 0 aliphatic carbocycles. The van der Waals surface area contributed by atoms with Gasteiger partial charge in [-0.05, 0) is 43.0 Å². The summed E-state index contributed by atoms with van der Waals surface area (Å²) >= 11 is 0. The lowest BCUT2D eigenvalue weighted by molar-refractivity contribution is 0.827. The molecule has 0 spiro atoms. The quantitative estimate of drug-likeness (QED) is 0.661. The molecule has 2 aromatic rings. The van der Waals surface area contributed by atoms with Crippen LogP contribution in [0.25, 0.3) is 0 Å². The standard InChI is InChI=1S/C18H19N/c1-2-9-15-19(17-12-5-3-6-13-17)18-14-8-7-11-16(18)10-4-1/h1,3-8,11-14H,2,9-10,15H2/b4-1-. The van der Waals surface area contributed by atoms with Gasteiger partial charge in [-0.15, -0.1) is 0 Å². The number of anilines is 2. The fraction of sp³-hybridized carbons (Fsp3) is 0.222. The summed E-state index contributed by atoms with van der Waals surface area (Å²) < 4.78 is 0. The summed E-state index contributed by atoms with van der Waals surface area (Å²) in [5.74, 6) is 0. The van der Waals surface area contributed by atoms with Crippen LogP contribution in [0.5, 0.6) is 0 Å². The maximum atomic E-state index is 2.45. The van der Waals surface area contributed by atoms with Crippen LogP contribution in [0, 0.1) is 0 Å². The van der Waals surface area contributed by atoms with Crippen molar-refractivity contribution in [2.75, 3.05) is 11.4 Å². The number of fused-ring (bicyclic) bond motifs is 1. The van der Waals surface area contributed by atoms with E-state index in [1.807, 2.05) is 0 Å². The molecule has 3 rings (SSSR count). The van der Waals surface area contributed by atoms with E-state index in [4.69, 9.17) is 0 Å². The van der Waals surface area contributed by atoms with E-state index in [1.165, 1.54) is 23.4 Å². The number of hydrogen-bond donors (Lipinski definition) is 0. The number of para-hydroxylation sites is 2. The number of rotatable bonds is 1. The number of allylic oxidation sites excluding steroid dienone is 2. The monoisotopic (exact) mass is 249 g/mol. The third-order valence-corrected chi connectivity index (χ3v) is 3.61. The zero-order chi connectivity index (χ0) is 12.9. The lowest BCUT2D eigenvalue weighted by Gasteiger charge is -2.26. The van der Waals surface area contributed by atoms with Crippen LogP contribution < -0.4 is 4.90 Å². The molecular formula is C18H19N. The van der Waals surface area contributed by atoms with Crippen LogP contribution in [0.2, 0.25) is 0 Å². The Bertz CT molecular complexity index is 557. The van der Waals surface area contributed by atoms with E-state index in [2.05, 4.69) is 71.6 Å². The summed E-state index contributed by atoms with van der Waals surface area (Å²) in [5, 5.41) is 0. The van der Waals surface area contributed by atoms with E-state index in [0.29, 0.717) is 0 Å². The number of benzene rings is 2. The van der Waals surface area contributed by atoms with Gasteiger partial charge in [-0.3, -0.25) is 0 Å². The average molecular weight is 249 g/mol. The van der Waals surface area contributed by atoms with Crippen molar-refractivity contribution in [1.82, 2.24) is 0 Å². The van der Waals surface area contributed by atoms with Crippen molar-refractivity contribution in [2.45, 2.75) is 19.3 Å². The summed E-state index contributed by atoms with van der Waals surface area (Å²) in [6.45, 7) is 1.07. The third-order valence-electron chi connectivity index (χ3n) is 3.61. The smallest absolute Gasteiger partial charge is 0.0446 e. The molecule has 96 valence electrons. The van der Waals surface area contributed by atoms with Gasteiger partial charge in [0.05, 0.1) is 0 Å². The van der Waals surface area contributed by atoms with Gasteiger partial charge in [0.25, 0.3) is 0 Å². The lowest BCUT2D eigenvalue weighted by atomic mass is 10.1. The van der Waals surface area contributed by atoms with Crippen molar-refractivity contribution in [3.05, 3.63) is 72.3 Å². The molecule has 1 aliphatic rings. The first-order valence-electron chi connectivity index (χ1n) is 7.00. The van der Waals surface area contributed by atoms with E-state index in [0.717, 1.165) is 19.4 Å². The summed E-state index contributed by atoms with van der Waals surface area (Å²) in [6.07, 6.45) is 8.00. The van der Waals surface area contributed by atoms with Gasteiger partial charge < -0.3 is 4.90 Å². The molecule has 19 heavy (non-hydrogen) atoms. The molecule has 0 saturated carbocycles. The van der Waals surface area contributed by atoms with Crippen molar-refractivity contribution >= 4 is 11.4 Å². The van der Waals surface area contributed by atoms with E-state index in [-0.39, 0.29) is 0 Å². The summed E-state index contributed by atoms with van der Waals surface area (Å²) in [7, 11) is 0. The van der Waals surface area contributed by atoms with Crippen molar-refractivity contribution in [3.8, 4) is 0 Å². The molecule has 1 nitrogen and oxygen atoms in total. The maximum absolute atomic E-state index is 2.45. The Balaban J connectivity index is 2.04. The van der Waals surface area contributed by atoms with E-state index < -0.39 is 0 Å². The van der Waals surface area contributed by atoms with Crippen LogP contribution in [0.15, 0.2) is 66.7 Å². The minimum Gasteiger partial charge on any atom is -0.341 e. The zero-order valence-corrected chi connectivity index (χ0v) is 11.1. The minimum absolute atomic E-state index is 1.03. The van der Waals surface area contributed by atoms with Crippen molar-refractivity contribution in [1.29, 1.82) is 0 Å². The van der Waals surface area contributed by atoms with Crippen molar-refractivity contribution < 1.29 is 0 Å². The van der Waals surface area contributed by atoms with Crippen LogP contribution in [-0.4, -0.2) is 6.54 Å². The molecule has 2 aromatic carbocycles. The molecule has 0 fully saturated rings. The van der Waals surface area contributed by atoms with Crippen LogP contribution in [0.4, 0.5) is 11.4 Å². The highest BCUT2D eigenvalue weighted by molar-refractivity contribution is 5.66. The van der Waals surface area contributed by atoms with E-state index in [9.17, 15) is 0 Å². The predicted molar refractivity (Wildman–Crippen MR) is 82.0 cm³/mol. The first-order chi connectivity index (χ1) is 9.45. The normalized spacial score (nSPS) is 16.9. The predicted octanol–water partition coefficient (Wildman–Crippen LogP) is 4.72.